The van der Waals surface area contributed by atoms with E-state index >= 15 is 0 Å². The Morgan fingerprint density at radius 1 is 1.59 bits per heavy atom. The van der Waals surface area contributed by atoms with E-state index in [1.807, 2.05) is 0 Å². The van der Waals surface area contributed by atoms with Gasteiger partial charge in [0, 0.05) is 18.5 Å². The lowest BCUT2D eigenvalue weighted by atomic mass is 10.1. The van der Waals surface area contributed by atoms with E-state index in [0.29, 0.717) is 12.4 Å². The van der Waals surface area contributed by atoms with Crippen molar-refractivity contribution >= 4 is 23.2 Å². The Labute approximate surface area is 103 Å². The summed E-state index contributed by atoms with van der Waals surface area (Å²) in [5.41, 5.74) is 0.110. The largest absolute Gasteiger partial charge is 0.496 e. The fourth-order valence-electron chi connectivity index (χ4n) is 1.24. The molecule has 0 radical (unpaired) electrons. The maximum atomic E-state index is 11.6. The number of nitrogens with one attached hydrogen (secondary N) is 1. The second-order valence-corrected chi connectivity index (χ2v) is 3.46. The number of hydrogen-bond donors (Lipinski definition) is 1. The van der Waals surface area contributed by atoms with Crippen LogP contribution in [-0.2, 0) is 0 Å². The van der Waals surface area contributed by atoms with Crippen LogP contribution in [0.5, 0.6) is 5.75 Å². The third-order valence-electron chi connectivity index (χ3n) is 2.02. The molecule has 0 unspecified atom stereocenters. The molecular formula is C10H11ClN2O4. The molecule has 0 aliphatic rings. The maximum Gasteiger partial charge on any atom is 0.273 e. The Bertz CT molecular complexity index is 436. The summed E-state index contributed by atoms with van der Waals surface area (Å²) in [6.45, 7) is 0.320. The molecular weight excluding hydrogens is 248 g/mol. The number of carbonyl (C=O) groups is 1. The van der Waals surface area contributed by atoms with Crippen molar-refractivity contribution in [3.63, 3.8) is 0 Å². The summed E-state index contributed by atoms with van der Waals surface area (Å²) in [5, 5.41) is 13.1. The van der Waals surface area contributed by atoms with Gasteiger partial charge in [-0.1, -0.05) is 0 Å². The quantitative estimate of drug-likeness (QED) is 0.494. The van der Waals surface area contributed by atoms with E-state index in [4.69, 9.17) is 16.3 Å². The number of nitro groups is 1. The second-order valence-electron chi connectivity index (χ2n) is 3.09. The van der Waals surface area contributed by atoms with Crippen molar-refractivity contribution < 1.29 is 14.5 Å². The molecule has 0 saturated heterocycles. The van der Waals surface area contributed by atoms with E-state index < -0.39 is 4.92 Å². The van der Waals surface area contributed by atoms with Gasteiger partial charge in [-0.3, -0.25) is 14.9 Å². The Morgan fingerprint density at radius 3 is 2.82 bits per heavy atom. The fraction of sp³-hybridized carbons (Fsp3) is 0.300. The molecule has 1 amide bonds. The highest BCUT2D eigenvalue weighted by Gasteiger charge is 2.16. The summed E-state index contributed by atoms with van der Waals surface area (Å²) in [4.78, 5) is 21.6. The molecule has 0 aliphatic carbocycles. The van der Waals surface area contributed by atoms with Crippen molar-refractivity contribution in [2.75, 3.05) is 19.5 Å². The van der Waals surface area contributed by atoms with Crippen molar-refractivity contribution in [1.82, 2.24) is 5.32 Å². The molecule has 1 rings (SSSR count). The number of hydrogen-bond acceptors (Lipinski definition) is 4. The number of halogens is 1. The number of methoxy groups -OCH3 is 1. The molecule has 1 aromatic rings. The number of alkyl halides is 1. The van der Waals surface area contributed by atoms with Crippen LogP contribution in [0.15, 0.2) is 18.2 Å². The third-order valence-corrected chi connectivity index (χ3v) is 2.21. The van der Waals surface area contributed by atoms with Crippen molar-refractivity contribution in [1.29, 1.82) is 0 Å². The normalized spacial score (nSPS) is 9.76. The van der Waals surface area contributed by atoms with Gasteiger partial charge in [0.1, 0.15) is 5.75 Å². The standard InChI is InChI=1S/C10H11ClN2O4/c1-17-9-6-7(13(15)16)2-3-8(9)10(14)12-5-4-11/h2-3,6H,4-5H2,1H3,(H,12,14). The highest BCUT2D eigenvalue weighted by atomic mass is 35.5. The minimum atomic E-state index is -0.553. The van der Waals surface area contributed by atoms with E-state index in [-0.39, 0.29) is 22.9 Å². The van der Waals surface area contributed by atoms with Crippen molar-refractivity contribution in [3.8, 4) is 5.75 Å². The Morgan fingerprint density at radius 2 is 2.29 bits per heavy atom. The minimum absolute atomic E-state index is 0.129. The molecule has 0 atom stereocenters. The van der Waals surface area contributed by atoms with Gasteiger partial charge in [0.15, 0.2) is 0 Å². The van der Waals surface area contributed by atoms with Crippen LogP contribution in [0.2, 0.25) is 0 Å². The van der Waals surface area contributed by atoms with Gasteiger partial charge < -0.3 is 10.1 Å². The van der Waals surface area contributed by atoms with Gasteiger partial charge in [-0.25, -0.2) is 0 Å². The lowest BCUT2D eigenvalue weighted by Crippen LogP contribution is -2.25. The Balaban J connectivity index is 3.00. The molecule has 0 saturated carbocycles. The zero-order valence-electron chi connectivity index (χ0n) is 9.10. The van der Waals surface area contributed by atoms with Crippen molar-refractivity contribution in [3.05, 3.63) is 33.9 Å². The van der Waals surface area contributed by atoms with Gasteiger partial charge >= 0.3 is 0 Å². The molecule has 0 bridgehead atoms. The maximum absolute atomic E-state index is 11.6. The molecule has 7 heteroatoms. The van der Waals surface area contributed by atoms with Crippen LogP contribution in [0, 0.1) is 10.1 Å². The van der Waals surface area contributed by atoms with Gasteiger partial charge in [0.2, 0.25) is 0 Å². The monoisotopic (exact) mass is 258 g/mol. The average molecular weight is 259 g/mol. The highest BCUT2D eigenvalue weighted by molar-refractivity contribution is 6.18. The number of non-ortho nitro benzene ring substituents is 1. The van der Waals surface area contributed by atoms with Gasteiger partial charge in [-0.15, -0.1) is 11.6 Å². The zero-order valence-corrected chi connectivity index (χ0v) is 9.86. The van der Waals surface area contributed by atoms with Crippen LogP contribution in [0.4, 0.5) is 5.69 Å². The number of carbonyl (C=O) groups excluding carboxylic acids is 1. The lowest BCUT2D eigenvalue weighted by molar-refractivity contribution is -0.384. The number of ether oxygens (including phenoxy) is 1. The smallest absolute Gasteiger partial charge is 0.273 e. The van der Waals surface area contributed by atoms with Gasteiger partial charge in [-0.05, 0) is 6.07 Å². The highest BCUT2D eigenvalue weighted by Crippen LogP contribution is 2.24. The molecule has 0 aromatic heterocycles. The van der Waals surface area contributed by atoms with E-state index in [1.54, 1.807) is 0 Å². The first-order valence-corrected chi connectivity index (χ1v) is 5.30. The molecule has 0 spiro atoms. The molecule has 0 heterocycles. The fourth-order valence-corrected chi connectivity index (χ4v) is 1.33. The first-order valence-electron chi connectivity index (χ1n) is 4.76. The molecule has 1 aromatic carbocycles. The van der Waals surface area contributed by atoms with Crippen LogP contribution < -0.4 is 10.1 Å². The number of nitro benzene ring substituents is 1. The number of amides is 1. The van der Waals surface area contributed by atoms with Crippen LogP contribution in [0.3, 0.4) is 0 Å². The molecule has 0 fully saturated rings. The van der Waals surface area contributed by atoms with E-state index in [2.05, 4.69) is 5.32 Å². The second kappa shape index (κ2) is 6.05. The summed E-state index contributed by atoms with van der Waals surface area (Å²) in [5.74, 6) is 0.0739. The first-order chi connectivity index (χ1) is 8.10. The SMILES string of the molecule is COc1cc([N+](=O)[O-])ccc1C(=O)NCCCl. The van der Waals surface area contributed by atoms with Crippen LogP contribution >= 0.6 is 11.6 Å². The third kappa shape index (κ3) is 3.32. The van der Waals surface area contributed by atoms with E-state index in [1.165, 1.54) is 25.3 Å². The molecule has 17 heavy (non-hydrogen) atoms. The van der Waals surface area contributed by atoms with Crippen molar-refractivity contribution in [2.45, 2.75) is 0 Å². The van der Waals surface area contributed by atoms with Gasteiger partial charge in [0.05, 0.1) is 23.7 Å². The zero-order chi connectivity index (χ0) is 12.8. The summed E-state index contributed by atoms with van der Waals surface area (Å²) >= 11 is 5.44. The first kappa shape index (κ1) is 13.2. The lowest BCUT2D eigenvalue weighted by Gasteiger charge is -2.08. The predicted molar refractivity (Wildman–Crippen MR) is 62.7 cm³/mol. The number of rotatable bonds is 5. The Hall–Kier alpha value is -1.82. The molecule has 1 N–H and O–H groups in total. The van der Waals surface area contributed by atoms with Crippen LogP contribution in [0.1, 0.15) is 10.4 Å². The molecule has 0 aliphatic heterocycles. The van der Waals surface area contributed by atoms with Gasteiger partial charge in [-0.2, -0.15) is 0 Å². The summed E-state index contributed by atoms with van der Waals surface area (Å²) < 4.78 is 4.94. The van der Waals surface area contributed by atoms with Crippen molar-refractivity contribution in [2.24, 2.45) is 0 Å². The summed E-state index contributed by atoms with van der Waals surface area (Å²) in [6.07, 6.45) is 0. The molecule has 6 nitrogen and oxygen atoms in total. The number of nitrogens with zero attached hydrogens (tertiary/aromatic N) is 1. The predicted octanol–water partition coefficient (Wildman–Crippen LogP) is 1.57. The summed E-state index contributed by atoms with van der Waals surface area (Å²) in [6, 6.07) is 3.80. The van der Waals surface area contributed by atoms with Crippen LogP contribution in [-0.4, -0.2) is 30.4 Å². The van der Waals surface area contributed by atoms with Crippen LogP contribution in [0.25, 0.3) is 0 Å². The number of benzene rings is 1. The average Bonchev–Trinajstić information content (AvgIpc) is 2.34. The Kier molecular flexibility index (Phi) is 4.71. The molecule has 92 valence electrons. The summed E-state index contributed by atoms with van der Waals surface area (Å²) in [7, 11) is 1.34. The van der Waals surface area contributed by atoms with Gasteiger partial charge in [0.25, 0.3) is 11.6 Å². The topological polar surface area (TPSA) is 81.5 Å². The minimum Gasteiger partial charge on any atom is -0.496 e. The van der Waals surface area contributed by atoms with E-state index in [9.17, 15) is 14.9 Å². The van der Waals surface area contributed by atoms with E-state index in [0.717, 1.165) is 0 Å².